The summed E-state index contributed by atoms with van der Waals surface area (Å²) < 4.78 is 5.56. The second-order valence-electron chi connectivity index (χ2n) is 29.1. The fourth-order valence-corrected chi connectivity index (χ4v) is 13.6. The van der Waals surface area contributed by atoms with Crippen LogP contribution in [0.25, 0.3) is 10.8 Å². The highest BCUT2D eigenvalue weighted by molar-refractivity contribution is 6.30. The van der Waals surface area contributed by atoms with Crippen molar-refractivity contribution in [2.75, 3.05) is 51.3 Å². The molecule has 2 saturated heterocycles. The van der Waals surface area contributed by atoms with Crippen molar-refractivity contribution in [3.63, 3.8) is 0 Å². The van der Waals surface area contributed by atoms with Gasteiger partial charge >= 0.3 is 6.03 Å². The first-order chi connectivity index (χ1) is 54.6. The maximum absolute atomic E-state index is 15.5. The summed E-state index contributed by atoms with van der Waals surface area (Å²) >= 11 is 6.27. The number of guanidine groups is 1. The molecule has 6 aromatic rings. The lowest BCUT2D eigenvalue weighted by Gasteiger charge is -2.31. The molecule has 19 N–H and O–H groups in total. The molecule has 0 radical (unpaired) electrons. The van der Waals surface area contributed by atoms with Gasteiger partial charge in [-0.3, -0.25) is 63.0 Å². The molecule has 31 nitrogen and oxygen atoms in total. The Kier molecular flexibility index (Phi) is 34.0. The number of nitrogens with two attached hydrogens (primary N) is 3. The van der Waals surface area contributed by atoms with E-state index in [1.54, 1.807) is 111 Å². The van der Waals surface area contributed by atoms with Gasteiger partial charge in [-0.25, -0.2) is 4.79 Å². The molecule has 0 aromatic heterocycles. The van der Waals surface area contributed by atoms with E-state index in [9.17, 15) is 43.5 Å². The van der Waals surface area contributed by atoms with E-state index in [1.807, 2.05) is 55.5 Å². The number of ether oxygens (including phenoxy) is 1. The van der Waals surface area contributed by atoms with Crippen LogP contribution in [-0.4, -0.2) is 198 Å². The monoisotopic (exact) mass is 1590 g/mol. The summed E-state index contributed by atoms with van der Waals surface area (Å²) in [6, 6.07) is 26.8. The number of nitrogens with zero attached hydrogens (tertiary/aromatic N) is 2. The summed E-state index contributed by atoms with van der Waals surface area (Å²) in [7, 11) is 0. The number of aliphatic hydroxyl groups is 1. The van der Waals surface area contributed by atoms with E-state index in [2.05, 4.69) is 63.4 Å². The summed E-state index contributed by atoms with van der Waals surface area (Å²) in [5, 5.41) is 50.9. The van der Waals surface area contributed by atoms with Crippen molar-refractivity contribution in [1.82, 2.24) is 63.0 Å². The van der Waals surface area contributed by atoms with Gasteiger partial charge < -0.3 is 90.4 Å². The summed E-state index contributed by atoms with van der Waals surface area (Å²) in [5.41, 5.74) is 20.8. The minimum Gasteiger partial charge on any atom is -0.394 e. The third-order valence-electron chi connectivity index (χ3n) is 19.6. The van der Waals surface area contributed by atoms with Gasteiger partial charge in [-0.1, -0.05) is 154 Å². The van der Waals surface area contributed by atoms with Crippen LogP contribution >= 0.6 is 11.6 Å². The molecule has 2 aliphatic heterocycles. The van der Waals surface area contributed by atoms with Gasteiger partial charge in [0.2, 0.25) is 65.0 Å². The molecule has 32 heteroatoms. The normalized spacial score (nSPS) is 15.8. The van der Waals surface area contributed by atoms with Crippen molar-refractivity contribution < 1.29 is 67.4 Å². The average Bonchev–Trinajstić information content (AvgIpc) is 1.49. The molecule has 0 spiro atoms. The van der Waals surface area contributed by atoms with E-state index in [0.29, 0.717) is 84.2 Å². The molecule has 0 bridgehead atoms. The highest BCUT2D eigenvalue weighted by Crippen LogP contribution is 2.23. The van der Waals surface area contributed by atoms with E-state index < -0.39 is 132 Å². The van der Waals surface area contributed by atoms with Crippen LogP contribution in [0.1, 0.15) is 106 Å². The Balaban J connectivity index is 1.09. The number of aliphatic hydroxyl groups excluding tert-OH is 1. The van der Waals surface area contributed by atoms with E-state index >= 15 is 19.2 Å². The van der Waals surface area contributed by atoms with E-state index in [-0.39, 0.29) is 95.1 Å². The number of likely N-dealkylation sites (tertiary alicyclic amines) is 1. The number of amides is 13. The van der Waals surface area contributed by atoms with Crippen molar-refractivity contribution in [3.05, 3.63) is 184 Å². The number of anilines is 1. The highest BCUT2D eigenvalue weighted by Gasteiger charge is 2.41. The zero-order valence-corrected chi connectivity index (χ0v) is 65.4. The van der Waals surface area contributed by atoms with E-state index in [1.165, 1.54) is 11.8 Å². The zero-order valence-electron chi connectivity index (χ0n) is 64.6. The standard InChI is InChI=1S/C82H106ClN17O14/c1-5-13-70(102)90-60-32-27-54(28-33-60)45-65(73(105)92-62(40-49(2)3)72(104)91-61(18-11-34-88-81(85)86)80(112)100-35-12-19-69(100)79(111)89-50(4)71(84)103)94-75(107)66(43-52-20-22-55(23-21-52)47-99-36-38-114-39-37-99)96-78(110)68(48-101)97-76(108)63(42-51-14-7-6-8-15-51)93-74(106)64(44-53-25-30-59(83)31-26-53)95-77(109)67(98-82(87)113)46-56-24-29-57-16-9-10-17-58(57)41-56/h6-10,14-17,20-33,41,49-50,61-69,101H,5,11-13,18-19,34-40,42-48H2,1-4H3,(H2,84,103)(H,89,111)(H,90,102)(H,91,104)(H,92,105)(H,93,106)(H,94,107)(H,95,109)(H,96,110)(H,97,108)(H4,85,86,88)(H3,87,98,113)/t50-,61+,62+,63-,64-,65-,66+,67-,68+,69+/m1/s1. The Labute approximate surface area is 667 Å². The van der Waals surface area contributed by atoms with Crippen LogP contribution in [0.2, 0.25) is 5.02 Å². The number of halogens is 1. The summed E-state index contributed by atoms with van der Waals surface area (Å²) in [4.78, 5) is 174. The van der Waals surface area contributed by atoms with Crippen LogP contribution in [0.4, 0.5) is 10.5 Å². The largest absolute Gasteiger partial charge is 0.394 e. The third-order valence-corrected chi connectivity index (χ3v) is 19.8. The highest BCUT2D eigenvalue weighted by atomic mass is 35.5. The summed E-state index contributed by atoms with van der Waals surface area (Å²) in [5.74, 6) is -9.27. The molecule has 13 amide bonds. The van der Waals surface area contributed by atoms with Crippen molar-refractivity contribution in [2.24, 2.45) is 23.1 Å². The van der Waals surface area contributed by atoms with Gasteiger partial charge in [0, 0.05) is 82.0 Å². The molecule has 0 aliphatic carbocycles. The van der Waals surface area contributed by atoms with Gasteiger partial charge in [0.25, 0.3) is 0 Å². The lowest BCUT2D eigenvalue weighted by Crippen LogP contribution is -2.62. The number of benzene rings is 6. The Hall–Kier alpha value is -11.5. The van der Waals surface area contributed by atoms with Crippen molar-refractivity contribution in [3.8, 4) is 0 Å². The smallest absolute Gasteiger partial charge is 0.312 e. The number of primary amides is 2. The second-order valence-corrected chi connectivity index (χ2v) is 29.6. The van der Waals surface area contributed by atoms with Crippen LogP contribution < -0.4 is 75.7 Å². The molecule has 2 heterocycles. The van der Waals surface area contributed by atoms with Gasteiger partial charge in [-0.05, 0) is 120 Å². The molecule has 6 aromatic carbocycles. The minimum absolute atomic E-state index is 0.00820. The van der Waals surface area contributed by atoms with Gasteiger partial charge in [0.05, 0.1) is 19.8 Å². The maximum atomic E-state index is 15.5. The number of carbonyl (C=O) groups excluding carboxylic acids is 12. The number of rotatable bonds is 41. The quantitative estimate of drug-likeness (QED) is 0.0149. The van der Waals surface area contributed by atoms with Crippen LogP contribution in [0, 0.1) is 11.3 Å². The number of nitrogens with one attached hydrogen (secondary N) is 12. The molecule has 2 fully saturated rings. The lowest BCUT2D eigenvalue weighted by molar-refractivity contribution is -0.142. The molecular weight excluding hydrogens is 1480 g/mol. The number of urea groups is 1. The number of hydrogen-bond donors (Lipinski definition) is 16. The van der Waals surface area contributed by atoms with Crippen LogP contribution in [-0.2, 0) is 96.1 Å². The molecule has 0 unspecified atom stereocenters. The van der Waals surface area contributed by atoms with Gasteiger partial charge in [-0.2, -0.15) is 0 Å². The summed E-state index contributed by atoms with van der Waals surface area (Å²) in [6.45, 7) is 9.16. The van der Waals surface area contributed by atoms with Crippen LogP contribution in [0.15, 0.2) is 146 Å². The van der Waals surface area contributed by atoms with E-state index in [0.717, 1.165) is 16.3 Å². The third kappa shape index (κ3) is 28.0. The fourth-order valence-electron chi connectivity index (χ4n) is 13.4. The Bertz CT molecular complexity index is 4310. The maximum Gasteiger partial charge on any atom is 0.312 e. The number of fused-ring (bicyclic) bond motifs is 1. The molecule has 114 heavy (non-hydrogen) atoms. The Morgan fingerprint density at radius 1 is 0.526 bits per heavy atom. The van der Waals surface area contributed by atoms with Crippen LogP contribution in [0.5, 0.6) is 0 Å². The minimum atomic E-state index is -1.83. The van der Waals surface area contributed by atoms with E-state index in [4.69, 9.17) is 38.9 Å². The molecule has 8 rings (SSSR count). The Morgan fingerprint density at radius 2 is 0.982 bits per heavy atom. The van der Waals surface area contributed by atoms with Crippen LogP contribution in [0.3, 0.4) is 0 Å². The molecule has 0 saturated carbocycles. The van der Waals surface area contributed by atoms with Gasteiger partial charge in [0.1, 0.15) is 60.4 Å². The average molecular weight is 1590 g/mol. The first-order valence-electron chi connectivity index (χ1n) is 38.4. The predicted octanol–water partition coefficient (Wildman–Crippen LogP) is 2.29. The van der Waals surface area contributed by atoms with Gasteiger partial charge in [-0.15, -0.1) is 0 Å². The molecule has 610 valence electrons. The summed E-state index contributed by atoms with van der Waals surface area (Å²) in [6.07, 6.45) is 0.747. The number of carbonyl (C=O) groups is 12. The second kappa shape index (κ2) is 44.1. The Morgan fingerprint density at radius 3 is 1.51 bits per heavy atom. The van der Waals surface area contributed by atoms with Crippen molar-refractivity contribution in [2.45, 2.75) is 172 Å². The van der Waals surface area contributed by atoms with Crippen molar-refractivity contribution >= 4 is 105 Å². The molecule has 2 aliphatic rings. The molecule has 10 atom stereocenters. The van der Waals surface area contributed by atoms with Gasteiger partial charge in [0.15, 0.2) is 5.96 Å². The first-order valence-corrected chi connectivity index (χ1v) is 38.8. The number of hydrogen-bond acceptors (Lipinski definition) is 16. The topological polar surface area (TPSA) is 475 Å². The first kappa shape index (κ1) is 88.0. The zero-order chi connectivity index (χ0) is 82.4. The predicted molar refractivity (Wildman–Crippen MR) is 430 cm³/mol. The fraction of sp³-hybridized carbons (Fsp3) is 0.427. The van der Waals surface area contributed by atoms with Crippen molar-refractivity contribution in [1.29, 1.82) is 5.41 Å². The lowest BCUT2D eigenvalue weighted by atomic mass is 9.99. The molecular formula is C82H106ClN17O14. The number of morpholine rings is 1. The SMILES string of the molecule is CCCC(=O)Nc1ccc(C[C@@H](NC(=O)[C@H](Cc2ccc(CN3CCOCC3)cc2)NC(=O)[C@H](CO)NC(=O)[C@@H](Cc2ccccc2)NC(=O)[C@@H](Cc2ccc(Cl)cc2)NC(=O)[C@@H](Cc2ccc3ccccc3c2)NC(N)=O)C(=O)N[C@@H](CC(C)C)C(=O)N[C@@H](CCCNC(=N)N)C(=O)N2CCC[C@H]2C(=O)N[C@H](C)C(N)=O)cc1.